The van der Waals surface area contributed by atoms with Crippen molar-refractivity contribution in [1.82, 2.24) is 5.32 Å². The molecular weight excluding hydrogens is 280 g/mol. The topological polar surface area (TPSA) is 55.1 Å². The normalized spacial score (nSPS) is 10.6. The van der Waals surface area contributed by atoms with Crippen LogP contribution in [0.2, 0.25) is 5.02 Å². The smallest absolute Gasteiger partial charge is 0.249 e. The molecule has 0 saturated heterocycles. The molecule has 0 fully saturated rings. The van der Waals surface area contributed by atoms with Crippen molar-refractivity contribution in [1.29, 1.82) is 0 Å². The van der Waals surface area contributed by atoms with Gasteiger partial charge in [0.05, 0.1) is 5.56 Å². The Morgan fingerprint density at radius 1 is 1.32 bits per heavy atom. The van der Waals surface area contributed by atoms with Crippen molar-refractivity contribution in [2.75, 3.05) is 6.54 Å². The monoisotopic (exact) mass is 294 g/mol. The molecule has 2 aromatic rings. The van der Waals surface area contributed by atoms with Gasteiger partial charge in [-0.25, -0.2) is 0 Å². The van der Waals surface area contributed by atoms with E-state index in [9.17, 15) is 4.79 Å². The average Bonchev–Trinajstić information content (AvgIpc) is 2.86. The zero-order valence-corrected chi connectivity index (χ0v) is 11.9. The van der Waals surface area contributed by atoms with Gasteiger partial charge < -0.3 is 11.1 Å². The number of carbonyl (C=O) groups excluding carboxylic acids is 1. The fraction of sp³-hybridized carbons (Fsp3) is 0.214. The molecule has 0 atom stereocenters. The van der Waals surface area contributed by atoms with E-state index in [1.807, 2.05) is 30.3 Å². The van der Waals surface area contributed by atoms with E-state index in [1.165, 1.54) is 5.56 Å². The molecule has 3 N–H and O–H groups in total. The molecule has 0 spiro atoms. The Kier molecular flexibility index (Phi) is 4.96. The van der Waals surface area contributed by atoms with Gasteiger partial charge in [0.25, 0.3) is 0 Å². The predicted octanol–water partition coefficient (Wildman–Crippen LogP) is 2.83. The minimum Gasteiger partial charge on any atom is -0.366 e. The number of hydrogen-bond acceptors (Lipinski definition) is 3. The minimum absolute atomic E-state index is 0.372. The van der Waals surface area contributed by atoms with Gasteiger partial charge in [0.2, 0.25) is 5.91 Å². The molecule has 5 heteroatoms. The number of halogens is 1. The molecule has 0 aliphatic rings. The van der Waals surface area contributed by atoms with Gasteiger partial charge in [-0.1, -0.05) is 23.7 Å². The van der Waals surface area contributed by atoms with Crippen molar-refractivity contribution in [3.63, 3.8) is 0 Å². The third-order valence-electron chi connectivity index (χ3n) is 2.74. The van der Waals surface area contributed by atoms with E-state index in [-0.39, 0.29) is 5.91 Å². The first kappa shape index (κ1) is 14.1. The summed E-state index contributed by atoms with van der Waals surface area (Å²) in [5.41, 5.74) is 7.04. The van der Waals surface area contributed by atoms with Crippen LogP contribution < -0.4 is 11.1 Å². The van der Waals surface area contributed by atoms with E-state index in [2.05, 4.69) is 5.32 Å². The van der Waals surface area contributed by atoms with Crippen LogP contribution in [0.4, 0.5) is 0 Å². The molecule has 3 nitrogen and oxygen atoms in total. The molecule has 1 amide bonds. The zero-order valence-electron chi connectivity index (χ0n) is 10.4. The van der Waals surface area contributed by atoms with Crippen molar-refractivity contribution in [3.8, 4) is 0 Å². The van der Waals surface area contributed by atoms with E-state index in [4.69, 9.17) is 17.3 Å². The van der Waals surface area contributed by atoms with Crippen LogP contribution in [0, 0.1) is 0 Å². The molecular formula is C14H15ClN2OS. The summed E-state index contributed by atoms with van der Waals surface area (Å²) in [5.74, 6) is -0.372. The van der Waals surface area contributed by atoms with E-state index in [1.54, 1.807) is 16.7 Å². The minimum atomic E-state index is -0.372. The Balaban J connectivity index is 1.74. The van der Waals surface area contributed by atoms with Crippen molar-refractivity contribution >= 4 is 28.8 Å². The summed E-state index contributed by atoms with van der Waals surface area (Å²) in [7, 11) is 0. The van der Waals surface area contributed by atoms with Crippen LogP contribution in [-0.2, 0) is 13.0 Å². The Morgan fingerprint density at radius 2 is 2.05 bits per heavy atom. The van der Waals surface area contributed by atoms with Crippen molar-refractivity contribution in [3.05, 3.63) is 56.7 Å². The van der Waals surface area contributed by atoms with E-state index in [0.717, 1.165) is 29.4 Å². The molecule has 19 heavy (non-hydrogen) atoms. The lowest BCUT2D eigenvalue weighted by molar-refractivity contribution is 0.100. The van der Waals surface area contributed by atoms with Crippen LogP contribution in [0.3, 0.4) is 0 Å². The highest BCUT2D eigenvalue weighted by Crippen LogP contribution is 2.14. The van der Waals surface area contributed by atoms with Gasteiger partial charge in [0.15, 0.2) is 0 Å². The summed E-state index contributed by atoms with van der Waals surface area (Å²) >= 11 is 7.37. The molecule has 1 heterocycles. The highest BCUT2D eigenvalue weighted by Gasteiger charge is 2.04. The second kappa shape index (κ2) is 6.70. The van der Waals surface area contributed by atoms with Crippen molar-refractivity contribution in [2.45, 2.75) is 13.0 Å². The summed E-state index contributed by atoms with van der Waals surface area (Å²) < 4.78 is 0. The number of benzene rings is 1. The van der Waals surface area contributed by atoms with Crippen molar-refractivity contribution in [2.24, 2.45) is 5.73 Å². The van der Waals surface area contributed by atoms with Crippen LogP contribution in [0.25, 0.3) is 0 Å². The van der Waals surface area contributed by atoms with Crippen LogP contribution in [0.5, 0.6) is 0 Å². The lowest BCUT2D eigenvalue weighted by atomic mass is 10.1. The summed E-state index contributed by atoms with van der Waals surface area (Å²) in [6, 6.07) is 9.69. The quantitative estimate of drug-likeness (QED) is 0.805. The Hall–Kier alpha value is -1.36. The summed E-state index contributed by atoms with van der Waals surface area (Å²) in [6.07, 6.45) is 0.950. The van der Waals surface area contributed by atoms with Gasteiger partial charge in [0, 0.05) is 21.8 Å². The molecule has 0 aliphatic carbocycles. The Labute approximate surface area is 121 Å². The van der Waals surface area contributed by atoms with Crippen LogP contribution >= 0.6 is 22.9 Å². The van der Waals surface area contributed by atoms with E-state index < -0.39 is 0 Å². The number of nitrogens with one attached hydrogen (secondary N) is 1. The lowest BCUT2D eigenvalue weighted by Gasteiger charge is -2.03. The molecule has 1 aromatic carbocycles. The molecule has 0 saturated carbocycles. The standard InChI is InChI=1S/C14H15ClN2OS/c15-12-3-1-10(2-4-12)5-6-17-8-13-7-11(9-19-13)14(16)18/h1-4,7,9,17H,5-6,8H2,(H2,16,18). The fourth-order valence-electron chi connectivity index (χ4n) is 1.70. The molecule has 100 valence electrons. The Morgan fingerprint density at radius 3 is 2.68 bits per heavy atom. The van der Waals surface area contributed by atoms with Crippen molar-refractivity contribution < 1.29 is 4.79 Å². The highest BCUT2D eigenvalue weighted by atomic mass is 35.5. The molecule has 0 bridgehead atoms. The molecule has 1 aromatic heterocycles. The maximum absolute atomic E-state index is 11.0. The molecule has 2 rings (SSSR count). The summed E-state index contributed by atoms with van der Waals surface area (Å²) in [6.45, 7) is 1.64. The average molecular weight is 295 g/mol. The first-order valence-electron chi connectivity index (χ1n) is 5.97. The number of thiophene rings is 1. The third kappa shape index (κ3) is 4.35. The predicted molar refractivity (Wildman–Crippen MR) is 79.7 cm³/mol. The zero-order chi connectivity index (χ0) is 13.7. The van der Waals surface area contributed by atoms with E-state index >= 15 is 0 Å². The fourth-order valence-corrected chi connectivity index (χ4v) is 2.67. The van der Waals surface area contributed by atoms with Gasteiger partial charge in [-0.15, -0.1) is 11.3 Å². The highest BCUT2D eigenvalue weighted by molar-refractivity contribution is 7.10. The lowest BCUT2D eigenvalue weighted by Crippen LogP contribution is -2.16. The molecule has 0 aliphatic heterocycles. The number of primary amides is 1. The first-order chi connectivity index (χ1) is 9.15. The second-order valence-electron chi connectivity index (χ2n) is 4.22. The largest absolute Gasteiger partial charge is 0.366 e. The second-order valence-corrected chi connectivity index (χ2v) is 5.65. The maximum Gasteiger partial charge on any atom is 0.249 e. The van der Waals surface area contributed by atoms with Gasteiger partial charge in [-0.3, -0.25) is 4.79 Å². The number of amides is 1. The first-order valence-corrected chi connectivity index (χ1v) is 7.23. The Bertz CT molecular complexity index is 551. The number of rotatable bonds is 6. The van der Waals surface area contributed by atoms with Crippen LogP contribution in [-0.4, -0.2) is 12.5 Å². The number of hydrogen-bond donors (Lipinski definition) is 2. The third-order valence-corrected chi connectivity index (χ3v) is 3.93. The van der Waals surface area contributed by atoms with Gasteiger partial charge in [-0.2, -0.15) is 0 Å². The molecule has 0 radical (unpaired) electrons. The van der Waals surface area contributed by atoms with Crippen LogP contribution in [0.15, 0.2) is 35.7 Å². The van der Waals surface area contributed by atoms with Gasteiger partial charge in [-0.05, 0) is 36.7 Å². The van der Waals surface area contributed by atoms with Crippen LogP contribution in [0.1, 0.15) is 20.8 Å². The van der Waals surface area contributed by atoms with E-state index in [0.29, 0.717) is 5.56 Å². The summed E-state index contributed by atoms with van der Waals surface area (Å²) in [5, 5.41) is 5.89. The van der Waals surface area contributed by atoms with Gasteiger partial charge >= 0.3 is 0 Å². The molecule has 0 unspecified atom stereocenters. The number of nitrogens with two attached hydrogens (primary N) is 1. The SMILES string of the molecule is NC(=O)c1csc(CNCCc2ccc(Cl)cc2)c1. The van der Waals surface area contributed by atoms with Gasteiger partial charge in [0.1, 0.15) is 0 Å². The maximum atomic E-state index is 11.0. The summed E-state index contributed by atoms with van der Waals surface area (Å²) in [4.78, 5) is 12.1. The number of carbonyl (C=O) groups is 1.